The van der Waals surface area contributed by atoms with Gasteiger partial charge in [-0.15, -0.1) is 0 Å². The van der Waals surface area contributed by atoms with Crippen LogP contribution >= 0.6 is 0 Å². The van der Waals surface area contributed by atoms with Crippen LogP contribution < -0.4 is 4.90 Å². The SMILES string of the molecule is CC1(C)c2ccccc2-c2ccc(N(c3ccccc3)c3cccc(-n4c5ccc6cccc7c8ccccc8n8c9ccccc9c4c8c5c67)c3)cc21. The summed E-state index contributed by atoms with van der Waals surface area (Å²) in [6.45, 7) is 4.71. The summed E-state index contributed by atoms with van der Waals surface area (Å²) in [6, 6.07) is 65.1. The third-order valence-electron chi connectivity index (χ3n) is 12.2. The summed E-state index contributed by atoms with van der Waals surface area (Å²) in [4.78, 5) is 2.42. The maximum absolute atomic E-state index is 2.52. The lowest BCUT2D eigenvalue weighted by molar-refractivity contribution is 0.660. The van der Waals surface area contributed by atoms with Crippen molar-refractivity contribution in [2.45, 2.75) is 19.3 Å². The number of benzene rings is 8. The zero-order chi connectivity index (χ0) is 35.7. The monoisotopic (exact) mass is 689 g/mol. The molecule has 0 unspecified atom stereocenters. The number of hydrogen-bond acceptors (Lipinski definition) is 1. The molecule has 0 fully saturated rings. The highest BCUT2D eigenvalue weighted by Gasteiger charge is 2.36. The van der Waals surface area contributed by atoms with E-state index in [4.69, 9.17) is 0 Å². The first kappa shape index (κ1) is 29.7. The van der Waals surface area contributed by atoms with Crippen molar-refractivity contribution >= 4 is 77.0 Å². The molecule has 11 aromatic rings. The smallest absolute Gasteiger partial charge is 0.0810 e. The van der Waals surface area contributed by atoms with E-state index in [1.165, 1.54) is 82.2 Å². The van der Waals surface area contributed by atoms with Gasteiger partial charge in [0.1, 0.15) is 0 Å². The quantitative estimate of drug-likeness (QED) is 0.179. The molecule has 1 aliphatic rings. The second-order valence-corrected chi connectivity index (χ2v) is 15.4. The molecule has 8 aromatic carbocycles. The van der Waals surface area contributed by atoms with Crippen molar-refractivity contribution < 1.29 is 0 Å². The van der Waals surface area contributed by atoms with Gasteiger partial charge >= 0.3 is 0 Å². The lowest BCUT2D eigenvalue weighted by atomic mass is 9.82. The highest BCUT2D eigenvalue weighted by molar-refractivity contribution is 6.33. The number of hydrogen-bond donors (Lipinski definition) is 0. The number of aromatic nitrogens is 2. The molecule has 3 aromatic heterocycles. The maximum Gasteiger partial charge on any atom is 0.0810 e. The second kappa shape index (κ2) is 10.6. The highest BCUT2D eigenvalue weighted by atomic mass is 15.1. The van der Waals surface area contributed by atoms with Gasteiger partial charge in [-0.2, -0.15) is 0 Å². The van der Waals surface area contributed by atoms with E-state index in [1.54, 1.807) is 0 Å². The molecule has 0 radical (unpaired) electrons. The molecular formula is C51H35N3. The van der Waals surface area contributed by atoms with Gasteiger partial charge in [0.25, 0.3) is 0 Å². The van der Waals surface area contributed by atoms with Crippen LogP contribution in [0.4, 0.5) is 17.1 Å². The van der Waals surface area contributed by atoms with E-state index in [0.717, 1.165) is 22.7 Å². The first-order chi connectivity index (χ1) is 26.6. The third-order valence-corrected chi connectivity index (χ3v) is 12.2. The van der Waals surface area contributed by atoms with E-state index in [-0.39, 0.29) is 5.41 Å². The van der Waals surface area contributed by atoms with Gasteiger partial charge < -0.3 is 13.9 Å². The normalized spacial score (nSPS) is 13.5. The Morgan fingerprint density at radius 3 is 1.96 bits per heavy atom. The van der Waals surface area contributed by atoms with Crippen molar-refractivity contribution in [3.63, 3.8) is 0 Å². The summed E-state index contributed by atoms with van der Waals surface area (Å²) in [5.74, 6) is 0. The van der Waals surface area contributed by atoms with E-state index in [9.17, 15) is 0 Å². The molecule has 254 valence electrons. The summed E-state index contributed by atoms with van der Waals surface area (Å²) in [7, 11) is 0. The highest BCUT2D eigenvalue weighted by Crippen LogP contribution is 2.51. The number of para-hydroxylation sites is 3. The van der Waals surface area contributed by atoms with Crippen LogP contribution in [0.5, 0.6) is 0 Å². The summed E-state index contributed by atoms with van der Waals surface area (Å²) in [5.41, 5.74) is 16.0. The van der Waals surface area contributed by atoms with Gasteiger partial charge in [0, 0.05) is 49.7 Å². The fourth-order valence-electron chi connectivity index (χ4n) is 9.86. The van der Waals surface area contributed by atoms with Crippen LogP contribution in [-0.4, -0.2) is 8.97 Å². The predicted molar refractivity (Wildman–Crippen MR) is 228 cm³/mol. The van der Waals surface area contributed by atoms with E-state index in [2.05, 4.69) is 204 Å². The minimum Gasteiger partial charge on any atom is -0.310 e. The van der Waals surface area contributed by atoms with Gasteiger partial charge in [-0.3, -0.25) is 0 Å². The Bertz CT molecular complexity index is 3310. The molecular weight excluding hydrogens is 655 g/mol. The van der Waals surface area contributed by atoms with Crippen LogP contribution in [0.1, 0.15) is 25.0 Å². The molecule has 0 N–H and O–H groups in total. The topological polar surface area (TPSA) is 12.6 Å². The molecule has 0 saturated carbocycles. The van der Waals surface area contributed by atoms with Crippen molar-refractivity contribution in [3.05, 3.63) is 187 Å². The van der Waals surface area contributed by atoms with Crippen LogP contribution in [0, 0.1) is 0 Å². The van der Waals surface area contributed by atoms with Crippen molar-refractivity contribution in [3.8, 4) is 16.8 Å². The van der Waals surface area contributed by atoms with Crippen LogP contribution in [0.25, 0.3) is 76.7 Å². The van der Waals surface area contributed by atoms with Gasteiger partial charge in [0.15, 0.2) is 0 Å². The fourth-order valence-corrected chi connectivity index (χ4v) is 9.86. The molecule has 0 spiro atoms. The largest absolute Gasteiger partial charge is 0.310 e. The first-order valence-corrected chi connectivity index (χ1v) is 18.9. The Kier molecular flexibility index (Phi) is 5.84. The standard InChI is InChI=1S/C51H35N3/c1-51(2)42-23-9-6-19-37(42)38-28-27-36(31-43(38)51)52(33-15-4-3-5-16-33)34-17-13-18-35(30-34)53-46-29-26-32-14-12-22-40-39-20-7-10-24-44(39)54-45-25-11-8-21-41(45)49(53)50(54)48(46)47(32)40/h3-31H,1-2H3. The van der Waals surface area contributed by atoms with Crippen LogP contribution in [0.2, 0.25) is 0 Å². The average molecular weight is 690 g/mol. The average Bonchev–Trinajstić information content (AvgIpc) is 3.77. The molecule has 0 bridgehead atoms. The Hall–Kier alpha value is -6.84. The maximum atomic E-state index is 2.52. The number of anilines is 3. The zero-order valence-corrected chi connectivity index (χ0v) is 30.1. The predicted octanol–water partition coefficient (Wildman–Crippen LogP) is 13.7. The Morgan fingerprint density at radius 2 is 1.09 bits per heavy atom. The molecule has 3 heteroatoms. The van der Waals surface area contributed by atoms with Crippen molar-refractivity contribution in [2.24, 2.45) is 0 Å². The van der Waals surface area contributed by atoms with Crippen molar-refractivity contribution in [2.75, 3.05) is 4.90 Å². The molecule has 3 nitrogen and oxygen atoms in total. The molecule has 0 atom stereocenters. The fraction of sp³-hybridized carbons (Fsp3) is 0.0588. The van der Waals surface area contributed by atoms with Gasteiger partial charge in [-0.1, -0.05) is 129 Å². The summed E-state index contributed by atoms with van der Waals surface area (Å²) < 4.78 is 5.03. The van der Waals surface area contributed by atoms with Gasteiger partial charge in [-0.05, 0) is 93.7 Å². The number of fused-ring (bicyclic) bond motifs is 9. The zero-order valence-electron chi connectivity index (χ0n) is 30.1. The lowest BCUT2D eigenvalue weighted by Crippen LogP contribution is -2.16. The molecule has 3 heterocycles. The molecule has 0 amide bonds. The molecule has 0 aliphatic heterocycles. The van der Waals surface area contributed by atoms with Crippen molar-refractivity contribution in [1.29, 1.82) is 0 Å². The van der Waals surface area contributed by atoms with Crippen LogP contribution in [-0.2, 0) is 5.41 Å². The molecule has 54 heavy (non-hydrogen) atoms. The summed E-state index contributed by atoms with van der Waals surface area (Å²) >= 11 is 0. The van der Waals surface area contributed by atoms with Crippen molar-refractivity contribution in [1.82, 2.24) is 8.97 Å². The van der Waals surface area contributed by atoms with E-state index in [0.29, 0.717) is 0 Å². The lowest BCUT2D eigenvalue weighted by Gasteiger charge is -2.28. The number of rotatable bonds is 4. The minimum absolute atomic E-state index is 0.0960. The first-order valence-electron chi connectivity index (χ1n) is 18.9. The Labute approximate surface area is 312 Å². The second-order valence-electron chi connectivity index (χ2n) is 15.4. The molecule has 0 saturated heterocycles. The summed E-state index contributed by atoms with van der Waals surface area (Å²) in [6.07, 6.45) is 0. The van der Waals surface area contributed by atoms with E-state index >= 15 is 0 Å². The minimum atomic E-state index is -0.0960. The summed E-state index contributed by atoms with van der Waals surface area (Å²) in [5, 5.41) is 7.68. The van der Waals surface area contributed by atoms with Crippen LogP contribution in [0.15, 0.2) is 176 Å². The van der Waals surface area contributed by atoms with E-state index in [1.807, 2.05) is 0 Å². The van der Waals surface area contributed by atoms with E-state index < -0.39 is 0 Å². The Balaban J connectivity index is 1.15. The van der Waals surface area contributed by atoms with Crippen LogP contribution in [0.3, 0.4) is 0 Å². The number of nitrogens with zero attached hydrogens (tertiary/aromatic N) is 3. The molecule has 1 aliphatic carbocycles. The third kappa shape index (κ3) is 3.80. The van der Waals surface area contributed by atoms with Gasteiger partial charge in [0.05, 0.1) is 27.6 Å². The van der Waals surface area contributed by atoms with Gasteiger partial charge in [-0.25, -0.2) is 0 Å². The molecule has 12 rings (SSSR count). The Morgan fingerprint density at radius 1 is 0.426 bits per heavy atom. The van der Waals surface area contributed by atoms with Gasteiger partial charge in [0.2, 0.25) is 0 Å².